The summed E-state index contributed by atoms with van der Waals surface area (Å²) in [6, 6.07) is 7.04. The van der Waals surface area contributed by atoms with Crippen LogP contribution in [0.1, 0.15) is 27.7 Å². The van der Waals surface area contributed by atoms with Crippen LogP contribution in [0.4, 0.5) is 17.6 Å². The van der Waals surface area contributed by atoms with E-state index in [4.69, 9.17) is 9.97 Å². The van der Waals surface area contributed by atoms with Crippen LogP contribution < -0.4 is 15.1 Å². The van der Waals surface area contributed by atoms with Crippen LogP contribution in [0.25, 0.3) is 11.2 Å². The largest absolute Gasteiger partial charge is 0.367 e. The van der Waals surface area contributed by atoms with Crippen molar-refractivity contribution in [3.05, 3.63) is 30.7 Å². The maximum Gasteiger partial charge on any atom is 0.229 e. The summed E-state index contributed by atoms with van der Waals surface area (Å²) < 4.78 is 0. The lowest BCUT2D eigenvalue weighted by Crippen LogP contribution is -2.47. The molecule has 0 saturated carbocycles. The highest BCUT2D eigenvalue weighted by atomic mass is 15.3. The van der Waals surface area contributed by atoms with Crippen LogP contribution in [0.5, 0.6) is 0 Å². The summed E-state index contributed by atoms with van der Waals surface area (Å²) in [6.07, 6.45) is 3.52. The van der Waals surface area contributed by atoms with E-state index in [-0.39, 0.29) is 0 Å². The zero-order valence-electron chi connectivity index (χ0n) is 18.9. The van der Waals surface area contributed by atoms with Crippen molar-refractivity contribution < 1.29 is 0 Å². The number of rotatable bonds is 8. The van der Waals surface area contributed by atoms with Gasteiger partial charge < -0.3 is 20.1 Å². The molecule has 1 aliphatic heterocycles. The lowest BCUT2D eigenvalue weighted by Gasteiger charge is -2.35. The van der Waals surface area contributed by atoms with Gasteiger partial charge in [-0.2, -0.15) is 9.97 Å². The third-order valence-corrected chi connectivity index (χ3v) is 5.80. The topological polar surface area (TPSA) is 89.1 Å². The highest BCUT2D eigenvalue weighted by molar-refractivity contribution is 5.83. The smallest absolute Gasteiger partial charge is 0.229 e. The normalized spacial score (nSPS) is 14.9. The Hall–Kier alpha value is -2.94. The van der Waals surface area contributed by atoms with Gasteiger partial charge in [0.2, 0.25) is 5.95 Å². The van der Waals surface area contributed by atoms with E-state index >= 15 is 0 Å². The van der Waals surface area contributed by atoms with Crippen LogP contribution in [0.3, 0.4) is 0 Å². The molecule has 1 aliphatic rings. The van der Waals surface area contributed by atoms with E-state index in [0.29, 0.717) is 17.7 Å². The molecule has 0 bridgehead atoms. The van der Waals surface area contributed by atoms with E-state index in [1.54, 1.807) is 6.33 Å². The quantitative estimate of drug-likeness (QED) is 0.572. The van der Waals surface area contributed by atoms with Crippen molar-refractivity contribution in [2.24, 2.45) is 0 Å². The van der Waals surface area contributed by atoms with E-state index in [2.05, 4.69) is 68.7 Å². The number of piperazine rings is 1. The summed E-state index contributed by atoms with van der Waals surface area (Å²) >= 11 is 0. The fourth-order valence-electron chi connectivity index (χ4n) is 4.18. The minimum atomic E-state index is 0.505. The van der Waals surface area contributed by atoms with Gasteiger partial charge in [0, 0.05) is 57.5 Å². The van der Waals surface area contributed by atoms with E-state index in [1.807, 2.05) is 18.3 Å². The summed E-state index contributed by atoms with van der Waals surface area (Å²) in [5.74, 6) is 2.57. The molecule has 9 nitrogen and oxygen atoms in total. The van der Waals surface area contributed by atoms with Gasteiger partial charge in [0.1, 0.15) is 11.3 Å². The first-order valence-corrected chi connectivity index (χ1v) is 11.1. The SMILES string of the molecule is CC(C)N(CCNc1nc(N2CCN(c3ccccn3)CC2)nc2nc[nH]c12)C(C)C. The Morgan fingerprint density at radius 3 is 2.42 bits per heavy atom. The summed E-state index contributed by atoms with van der Waals surface area (Å²) in [5, 5.41) is 3.52. The predicted octanol–water partition coefficient (Wildman–Crippen LogP) is 2.61. The molecule has 1 saturated heterocycles. The zero-order valence-corrected chi connectivity index (χ0v) is 18.9. The van der Waals surface area contributed by atoms with Gasteiger partial charge in [-0.25, -0.2) is 9.97 Å². The van der Waals surface area contributed by atoms with Crippen molar-refractivity contribution in [3.8, 4) is 0 Å². The maximum absolute atomic E-state index is 4.86. The molecular formula is C22H33N9. The molecule has 0 atom stereocenters. The van der Waals surface area contributed by atoms with Crippen molar-refractivity contribution in [3.63, 3.8) is 0 Å². The van der Waals surface area contributed by atoms with Gasteiger partial charge in [-0.1, -0.05) is 6.07 Å². The monoisotopic (exact) mass is 423 g/mol. The third kappa shape index (κ3) is 4.87. The van der Waals surface area contributed by atoms with Crippen molar-refractivity contribution in [1.29, 1.82) is 0 Å². The fourth-order valence-corrected chi connectivity index (χ4v) is 4.18. The van der Waals surface area contributed by atoms with Crippen LogP contribution in [-0.4, -0.2) is 81.2 Å². The summed E-state index contributed by atoms with van der Waals surface area (Å²) in [5.41, 5.74) is 1.56. The summed E-state index contributed by atoms with van der Waals surface area (Å²) in [7, 11) is 0. The van der Waals surface area contributed by atoms with Crippen molar-refractivity contribution >= 4 is 28.7 Å². The molecule has 0 amide bonds. The van der Waals surface area contributed by atoms with Gasteiger partial charge in [0.25, 0.3) is 0 Å². The highest BCUT2D eigenvalue weighted by Gasteiger charge is 2.22. The molecule has 0 aromatic carbocycles. The molecule has 0 radical (unpaired) electrons. The van der Waals surface area contributed by atoms with E-state index in [1.165, 1.54) is 0 Å². The molecule has 0 aliphatic carbocycles. The fraction of sp³-hybridized carbons (Fsp3) is 0.545. The summed E-state index contributed by atoms with van der Waals surface area (Å²) in [4.78, 5) is 28.6. The average Bonchev–Trinajstić information content (AvgIpc) is 3.26. The molecule has 1 fully saturated rings. The van der Waals surface area contributed by atoms with Crippen molar-refractivity contribution in [1.82, 2.24) is 29.8 Å². The Balaban J connectivity index is 1.45. The molecule has 4 heterocycles. The molecule has 4 rings (SSSR count). The Morgan fingerprint density at radius 2 is 1.74 bits per heavy atom. The molecule has 3 aromatic rings. The molecule has 9 heteroatoms. The second-order valence-electron chi connectivity index (χ2n) is 8.49. The first kappa shape index (κ1) is 21.3. The number of fused-ring (bicyclic) bond motifs is 1. The zero-order chi connectivity index (χ0) is 21.8. The van der Waals surface area contributed by atoms with E-state index < -0.39 is 0 Å². The van der Waals surface area contributed by atoms with Gasteiger partial charge in [0.15, 0.2) is 11.5 Å². The van der Waals surface area contributed by atoms with Gasteiger partial charge in [-0.15, -0.1) is 0 Å². The summed E-state index contributed by atoms with van der Waals surface area (Å²) in [6.45, 7) is 14.2. The van der Waals surface area contributed by atoms with E-state index in [9.17, 15) is 0 Å². The molecule has 0 spiro atoms. The minimum Gasteiger partial charge on any atom is -0.367 e. The minimum absolute atomic E-state index is 0.505. The Labute approximate surface area is 183 Å². The van der Waals surface area contributed by atoms with Crippen molar-refractivity contribution in [2.75, 3.05) is 54.4 Å². The van der Waals surface area contributed by atoms with Crippen LogP contribution in [-0.2, 0) is 0 Å². The van der Waals surface area contributed by atoms with Crippen LogP contribution in [0.15, 0.2) is 30.7 Å². The number of H-pyrrole nitrogens is 1. The standard InChI is InChI=1S/C22H33N9/c1-16(2)31(17(3)4)10-9-24-20-19-21(26-15-25-19)28-22(27-20)30-13-11-29(12-14-30)18-7-5-6-8-23-18/h5-8,15-17H,9-14H2,1-4H3,(H2,24,25,26,27,28). The Morgan fingerprint density at radius 1 is 1.00 bits per heavy atom. The van der Waals surface area contributed by atoms with E-state index in [0.717, 1.165) is 62.4 Å². The highest BCUT2D eigenvalue weighted by Crippen LogP contribution is 2.22. The molecule has 3 aromatic heterocycles. The van der Waals surface area contributed by atoms with Crippen molar-refractivity contribution in [2.45, 2.75) is 39.8 Å². The van der Waals surface area contributed by atoms with Crippen LogP contribution in [0, 0.1) is 0 Å². The number of anilines is 3. The number of hydrogen-bond acceptors (Lipinski definition) is 8. The van der Waals surface area contributed by atoms with Gasteiger partial charge in [-0.05, 0) is 39.8 Å². The number of nitrogens with one attached hydrogen (secondary N) is 2. The predicted molar refractivity (Wildman–Crippen MR) is 126 cm³/mol. The first-order chi connectivity index (χ1) is 15.0. The van der Waals surface area contributed by atoms with Gasteiger partial charge in [-0.3, -0.25) is 4.90 Å². The maximum atomic E-state index is 4.86. The number of aromatic nitrogens is 5. The number of imidazole rings is 1. The van der Waals surface area contributed by atoms with Gasteiger partial charge >= 0.3 is 0 Å². The third-order valence-electron chi connectivity index (χ3n) is 5.80. The lowest BCUT2D eigenvalue weighted by atomic mass is 10.2. The molecule has 31 heavy (non-hydrogen) atoms. The molecule has 166 valence electrons. The van der Waals surface area contributed by atoms with Crippen LogP contribution in [0.2, 0.25) is 0 Å². The first-order valence-electron chi connectivity index (χ1n) is 11.1. The second kappa shape index (κ2) is 9.47. The average molecular weight is 424 g/mol. The number of hydrogen-bond donors (Lipinski definition) is 2. The molecule has 2 N–H and O–H groups in total. The Bertz CT molecular complexity index is 954. The number of pyridine rings is 1. The molecular weight excluding hydrogens is 390 g/mol. The molecule has 0 unspecified atom stereocenters. The number of aromatic amines is 1. The van der Waals surface area contributed by atoms with Crippen LogP contribution >= 0.6 is 0 Å². The second-order valence-corrected chi connectivity index (χ2v) is 8.49. The van der Waals surface area contributed by atoms with Gasteiger partial charge in [0.05, 0.1) is 6.33 Å². The number of nitrogens with zero attached hydrogens (tertiary/aromatic N) is 7. The Kier molecular flexibility index (Phi) is 6.50. The lowest BCUT2D eigenvalue weighted by molar-refractivity contribution is 0.182.